The second kappa shape index (κ2) is 18.1. The van der Waals surface area contributed by atoms with Gasteiger partial charge in [-0.15, -0.1) is 0 Å². The molecule has 0 aromatic rings. The van der Waals surface area contributed by atoms with Gasteiger partial charge in [-0.3, -0.25) is 5.32 Å². The fourth-order valence-electron chi connectivity index (χ4n) is 1.66. The molecule has 23 heavy (non-hydrogen) atoms. The van der Waals surface area contributed by atoms with Crippen LogP contribution >= 0.6 is 0 Å². The highest BCUT2D eigenvalue weighted by molar-refractivity contribution is 4.55. The molecule has 0 saturated heterocycles. The minimum atomic E-state index is -0.515. The van der Waals surface area contributed by atoms with E-state index in [1.165, 1.54) is 0 Å². The molecule has 1 atom stereocenters. The third kappa shape index (κ3) is 19.7. The Labute approximate surface area is 141 Å². The molecule has 140 valence electrons. The van der Waals surface area contributed by atoms with E-state index in [0.29, 0.717) is 52.7 Å². The first kappa shape index (κ1) is 22.7. The highest BCUT2D eigenvalue weighted by Crippen LogP contribution is 1.90. The zero-order chi connectivity index (χ0) is 17.2. The fourth-order valence-corrected chi connectivity index (χ4v) is 1.66. The van der Waals surface area contributed by atoms with Gasteiger partial charge < -0.3 is 29.0 Å². The van der Waals surface area contributed by atoms with E-state index in [1.54, 1.807) is 0 Å². The van der Waals surface area contributed by atoms with E-state index in [1.807, 2.05) is 14.1 Å². The van der Waals surface area contributed by atoms with Crippen LogP contribution in [0.15, 0.2) is 0 Å². The van der Waals surface area contributed by atoms with Crippen LogP contribution in [0.5, 0.6) is 0 Å². The quantitative estimate of drug-likeness (QED) is 0.276. The van der Waals surface area contributed by atoms with Crippen molar-refractivity contribution in [3.63, 3.8) is 0 Å². The van der Waals surface area contributed by atoms with Crippen LogP contribution in [-0.4, -0.2) is 96.3 Å². The summed E-state index contributed by atoms with van der Waals surface area (Å²) in [6.45, 7) is 8.51. The number of hydrogen-bond acceptors (Lipinski definition) is 7. The molecular formula is C16H36N2O5. The van der Waals surface area contributed by atoms with Crippen molar-refractivity contribution in [2.75, 3.05) is 80.0 Å². The minimum absolute atomic E-state index is 0.515. The molecule has 0 saturated carbocycles. The summed E-state index contributed by atoms with van der Waals surface area (Å²) in [6.07, 6.45) is 1.10. The highest BCUT2D eigenvalue weighted by atomic mass is 16.6. The smallest absolute Gasteiger partial charge is 0.107 e. The molecule has 0 heterocycles. The van der Waals surface area contributed by atoms with Gasteiger partial charge in [0.15, 0.2) is 0 Å². The lowest BCUT2D eigenvalue weighted by molar-refractivity contribution is -0.00652. The summed E-state index contributed by atoms with van der Waals surface area (Å²) in [6, 6.07) is 0. The Kier molecular flexibility index (Phi) is 17.8. The molecule has 0 aliphatic carbocycles. The first-order valence-electron chi connectivity index (χ1n) is 8.54. The molecule has 0 aromatic heterocycles. The van der Waals surface area contributed by atoms with Crippen molar-refractivity contribution in [1.82, 2.24) is 10.2 Å². The average Bonchev–Trinajstić information content (AvgIpc) is 2.51. The van der Waals surface area contributed by atoms with Gasteiger partial charge in [-0.2, -0.15) is 0 Å². The SMILES string of the molecule is CCCOCCOCCOCCOCCC(O)NCCN(C)C. The first-order valence-corrected chi connectivity index (χ1v) is 8.54. The van der Waals surface area contributed by atoms with Crippen LogP contribution in [0.3, 0.4) is 0 Å². The Balaban J connectivity index is 3.09. The van der Waals surface area contributed by atoms with Crippen molar-refractivity contribution in [2.24, 2.45) is 0 Å². The summed E-state index contributed by atoms with van der Waals surface area (Å²) in [5, 5.41) is 12.7. The summed E-state index contributed by atoms with van der Waals surface area (Å²) in [7, 11) is 4.00. The standard InChI is InChI=1S/C16H36N2O5/c1-4-8-20-10-12-22-14-15-23-13-11-21-9-5-16(19)17-6-7-18(2)3/h16-17,19H,4-15H2,1-3H3. The molecule has 7 heteroatoms. The molecule has 0 bridgehead atoms. The third-order valence-electron chi connectivity index (χ3n) is 2.94. The maximum atomic E-state index is 9.67. The van der Waals surface area contributed by atoms with Crippen molar-refractivity contribution < 1.29 is 24.1 Å². The van der Waals surface area contributed by atoms with E-state index in [-0.39, 0.29) is 0 Å². The first-order chi connectivity index (χ1) is 11.2. The third-order valence-corrected chi connectivity index (χ3v) is 2.94. The van der Waals surface area contributed by atoms with Crippen molar-refractivity contribution in [2.45, 2.75) is 26.0 Å². The van der Waals surface area contributed by atoms with Gasteiger partial charge in [0.05, 0.1) is 46.2 Å². The predicted octanol–water partition coefficient (Wildman–Crippen LogP) is 0.323. The molecule has 0 rings (SSSR count). The van der Waals surface area contributed by atoms with Gasteiger partial charge in [0.2, 0.25) is 0 Å². The van der Waals surface area contributed by atoms with Gasteiger partial charge >= 0.3 is 0 Å². The van der Waals surface area contributed by atoms with Crippen LogP contribution in [0.25, 0.3) is 0 Å². The zero-order valence-electron chi connectivity index (χ0n) is 15.1. The molecule has 0 fully saturated rings. The Morgan fingerprint density at radius 2 is 1.30 bits per heavy atom. The molecule has 0 aliphatic rings. The lowest BCUT2D eigenvalue weighted by Gasteiger charge is -2.15. The second-order valence-electron chi connectivity index (χ2n) is 5.51. The van der Waals surface area contributed by atoms with E-state index < -0.39 is 6.23 Å². The number of aliphatic hydroxyl groups is 1. The van der Waals surface area contributed by atoms with E-state index in [4.69, 9.17) is 18.9 Å². The van der Waals surface area contributed by atoms with Crippen LogP contribution in [0.4, 0.5) is 0 Å². The Morgan fingerprint density at radius 1 is 0.826 bits per heavy atom. The van der Waals surface area contributed by atoms with Gasteiger partial charge in [0.25, 0.3) is 0 Å². The van der Waals surface area contributed by atoms with E-state index in [9.17, 15) is 5.11 Å². The fraction of sp³-hybridized carbons (Fsp3) is 1.00. The van der Waals surface area contributed by atoms with Gasteiger partial charge in [-0.25, -0.2) is 0 Å². The number of nitrogens with zero attached hydrogens (tertiary/aromatic N) is 1. The van der Waals surface area contributed by atoms with E-state index in [0.717, 1.165) is 26.1 Å². The molecule has 0 spiro atoms. The number of nitrogens with one attached hydrogen (secondary N) is 1. The normalized spacial score (nSPS) is 12.9. The molecule has 7 nitrogen and oxygen atoms in total. The Bertz CT molecular complexity index is 233. The van der Waals surface area contributed by atoms with Crippen molar-refractivity contribution in [3.8, 4) is 0 Å². The lowest BCUT2D eigenvalue weighted by Crippen LogP contribution is -2.35. The topological polar surface area (TPSA) is 72.4 Å². The van der Waals surface area contributed by atoms with Gasteiger partial charge in [-0.05, 0) is 20.5 Å². The van der Waals surface area contributed by atoms with Crippen LogP contribution in [-0.2, 0) is 18.9 Å². The van der Waals surface area contributed by atoms with E-state index in [2.05, 4.69) is 17.1 Å². The lowest BCUT2D eigenvalue weighted by atomic mass is 10.4. The summed E-state index contributed by atoms with van der Waals surface area (Å²) in [5.74, 6) is 0. The Hall–Kier alpha value is -0.280. The number of likely N-dealkylation sites (N-methyl/N-ethyl adjacent to an activating group) is 1. The average molecular weight is 336 g/mol. The minimum Gasteiger partial charge on any atom is -0.379 e. The number of ether oxygens (including phenoxy) is 4. The second-order valence-corrected chi connectivity index (χ2v) is 5.51. The van der Waals surface area contributed by atoms with Crippen LogP contribution in [0.1, 0.15) is 19.8 Å². The van der Waals surface area contributed by atoms with Crippen LogP contribution < -0.4 is 5.32 Å². The summed E-state index contributed by atoms with van der Waals surface area (Å²) in [4.78, 5) is 2.06. The van der Waals surface area contributed by atoms with Crippen molar-refractivity contribution in [3.05, 3.63) is 0 Å². The molecule has 0 radical (unpaired) electrons. The molecule has 2 N–H and O–H groups in total. The highest BCUT2D eigenvalue weighted by Gasteiger charge is 2.02. The summed E-state index contributed by atoms with van der Waals surface area (Å²) in [5.41, 5.74) is 0. The van der Waals surface area contributed by atoms with Crippen LogP contribution in [0, 0.1) is 0 Å². The molecule has 0 aromatic carbocycles. The summed E-state index contributed by atoms with van der Waals surface area (Å²) >= 11 is 0. The maximum Gasteiger partial charge on any atom is 0.107 e. The molecule has 0 amide bonds. The zero-order valence-corrected chi connectivity index (χ0v) is 15.1. The molecular weight excluding hydrogens is 300 g/mol. The number of rotatable bonds is 18. The number of hydrogen-bond donors (Lipinski definition) is 2. The van der Waals surface area contributed by atoms with Crippen molar-refractivity contribution in [1.29, 1.82) is 0 Å². The molecule has 1 unspecified atom stereocenters. The largest absolute Gasteiger partial charge is 0.379 e. The maximum absolute atomic E-state index is 9.67. The van der Waals surface area contributed by atoms with Crippen LogP contribution in [0.2, 0.25) is 0 Å². The van der Waals surface area contributed by atoms with Crippen molar-refractivity contribution >= 4 is 0 Å². The monoisotopic (exact) mass is 336 g/mol. The molecule has 0 aliphatic heterocycles. The van der Waals surface area contributed by atoms with Gasteiger partial charge in [-0.1, -0.05) is 6.92 Å². The van der Waals surface area contributed by atoms with Gasteiger partial charge in [0.1, 0.15) is 6.23 Å². The van der Waals surface area contributed by atoms with Gasteiger partial charge in [0, 0.05) is 26.1 Å². The summed E-state index contributed by atoms with van der Waals surface area (Å²) < 4.78 is 21.4. The number of aliphatic hydroxyl groups excluding tert-OH is 1. The van der Waals surface area contributed by atoms with E-state index >= 15 is 0 Å². The predicted molar refractivity (Wildman–Crippen MR) is 90.7 cm³/mol. The Morgan fingerprint density at radius 3 is 1.78 bits per heavy atom.